The van der Waals surface area contributed by atoms with Crippen LogP contribution in [0.5, 0.6) is 0 Å². The van der Waals surface area contributed by atoms with Crippen LogP contribution >= 0.6 is 23.4 Å². The van der Waals surface area contributed by atoms with Gasteiger partial charge in [-0.05, 0) is 31.7 Å². The van der Waals surface area contributed by atoms with E-state index in [4.69, 9.17) is 16.3 Å². The van der Waals surface area contributed by atoms with Crippen LogP contribution in [0.4, 0.5) is 10.5 Å². The number of benzene rings is 1. The van der Waals surface area contributed by atoms with Gasteiger partial charge in [0.2, 0.25) is 0 Å². The van der Waals surface area contributed by atoms with E-state index in [1.54, 1.807) is 0 Å². The van der Waals surface area contributed by atoms with E-state index in [0.29, 0.717) is 10.9 Å². The van der Waals surface area contributed by atoms with Crippen molar-refractivity contribution in [1.82, 2.24) is 4.90 Å². The molecule has 1 heterocycles. The summed E-state index contributed by atoms with van der Waals surface area (Å²) in [6.07, 6.45) is 2.95. The second-order valence-corrected chi connectivity index (χ2v) is 6.23. The molecule has 116 valence electrons. The SMILES string of the molecule is CCOCC1CCN(C(=O)Nc2cccc(Cl)c2SC)C1. The number of halogens is 1. The third-order valence-corrected chi connectivity index (χ3v) is 4.82. The number of thioether (sulfide) groups is 1. The molecule has 1 aliphatic rings. The lowest BCUT2D eigenvalue weighted by atomic mass is 10.1. The van der Waals surface area contributed by atoms with Crippen molar-refractivity contribution >= 4 is 35.1 Å². The predicted octanol–water partition coefficient (Wildman–Crippen LogP) is 3.95. The van der Waals surface area contributed by atoms with E-state index in [1.165, 1.54) is 11.8 Å². The van der Waals surface area contributed by atoms with Crippen molar-refractivity contribution in [3.8, 4) is 0 Å². The van der Waals surface area contributed by atoms with Gasteiger partial charge < -0.3 is 15.0 Å². The number of carbonyl (C=O) groups excluding carboxylic acids is 1. The Morgan fingerprint density at radius 1 is 1.57 bits per heavy atom. The monoisotopic (exact) mass is 328 g/mol. The largest absolute Gasteiger partial charge is 0.381 e. The molecule has 1 aliphatic heterocycles. The van der Waals surface area contributed by atoms with Crippen molar-refractivity contribution in [1.29, 1.82) is 0 Å². The molecule has 2 rings (SSSR count). The number of carbonyl (C=O) groups is 1. The Bertz CT molecular complexity index is 499. The Morgan fingerprint density at radius 2 is 2.38 bits per heavy atom. The fourth-order valence-corrected chi connectivity index (χ4v) is 3.45. The number of hydrogen-bond donors (Lipinski definition) is 1. The summed E-state index contributed by atoms with van der Waals surface area (Å²) < 4.78 is 5.44. The second-order valence-electron chi connectivity index (χ2n) is 5.01. The highest BCUT2D eigenvalue weighted by Crippen LogP contribution is 2.33. The van der Waals surface area contributed by atoms with Gasteiger partial charge >= 0.3 is 6.03 Å². The highest BCUT2D eigenvalue weighted by molar-refractivity contribution is 7.98. The molecule has 0 saturated carbocycles. The molecule has 1 fully saturated rings. The van der Waals surface area contributed by atoms with Gasteiger partial charge in [-0.15, -0.1) is 11.8 Å². The molecule has 0 radical (unpaired) electrons. The number of rotatable bonds is 5. The number of nitrogens with zero attached hydrogens (tertiary/aromatic N) is 1. The molecule has 1 N–H and O–H groups in total. The summed E-state index contributed by atoms with van der Waals surface area (Å²) >= 11 is 7.68. The lowest BCUT2D eigenvalue weighted by Crippen LogP contribution is -2.33. The minimum absolute atomic E-state index is 0.0634. The first-order valence-corrected chi connectivity index (χ1v) is 8.72. The van der Waals surface area contributed by atoms with Crippen LogP contribution in [0.1, 0.15) is 13.3 Å². The van der Waals surface area contributed by atoms with Crippen LogP contribution in [-0.4, -0.2) is 43.5 Å². The standard InChI is InChI=1S/C15H21ClN2O2S/c1-3-20-10-11-7-8-18(9-11)15(19)17-13-6-4-5-12(16)14(13)21-2/h4-6,11H,3,7-10H2,1-2H3,(H,17,19). The number of amides is 2. The van der Waals surface area contributed by atoms with Gasteiger partial charge in [0.15, 0.2) is 0 Å². The van der Waals surface area contributed by atoms with E-state index in [1.807, 2.05) is 36.3 Å². The van der Waals surface area contributed by atoms with Gasteiger partial charge in [0.05, 0.1) is 17.3 Å². The Kier molecular flexibility index (Phi) is 6.21. The second kappa shape index (κ2) is 7.92. The summed E-state index contributed by atoms with van der Waals surface area (Å²) in [4.78, 5) is 15.1. The summed E-state index contributed by atoms with van der Waals surface area (Å²) in [6, 6.07) is 5.49. The van der Waals surface area contributed by atoms with Gasteiger partial charge in [-0.25, -0.2) is 4.79 Å². The van der Waals surface area contributed by atoms with Gasteiger partial charge in [-0.1, -0.05) is 17.7 Å². The van der Waals surface area contributed by atoms with Crippen LogP contribution < -0.4 is 5.32 Å². The predicted molar refractivity (Wildman–Crippen MR) is 88.4 cm³/mol. The van der Waals surface area contributed by atoms with Crippen molar-refractivity contribution in [3.05, 3.63) is 23.2 Å². The summed E-state index contributed by atoms with van der Waals surface area (Å²) in [6.45, 7) is 4.97. The van der Waals surface area contributed by atoms with E-state index in [-0.39, 0.29) is 6.03 Å². The zero-order chi connectivity index (χ0) is 15.2. The third-order valence-electron chi connectivity index (χ3n) is 3.54. The van der Waals surface area contributed by atoms with Crippen LogP contribution in [0.25, 0.3) is 0 Å². The van der Waals surface area contributed by atoms with E-state index in [9.17, 15) is 4.79 Å². The Hall–Kier alpha value is -0.910. The lowest BCUT2D eigenvalue weighted by molar-refractivity contribution is 0.113. The summed E-state index contributed by atoms with van der Waals surface area (Å²) in [7, 11) is 0. The van der Waals surface area contributed by atoms with Crippen molar-refractivity contribution in [2.45, 2.75) is 18.2 Å². The van der Waals surface area contributed by atoms with E-state index >= 15 is 0 Å². The Morgan fingerprint density at radius 3 is 3.10 bits per heavy atom. The van der Waals surface area contributed by atoms with E-state index < -0.39 is 0 Å². The number of likely N-dealkylation sites (tertiary alicyclic amines) is 1. The Labute approximate surface area is 135 Å². The zero-order valence-corrected chi connectivity index (χ0v) is 14.0. The van der Waals surface area contributed by atoms with E-state index in [0.717, 1.165) is 43.3 Å². The molecule has 0 spiro atoms. The van der Waals surface area contributed by atoms with Gasteiger partial charge in [-0.3, -0.25) is 0 Å². The first-order valence-electron chi connectivity index (χ1n) is 7.11. The summed E-state index contributed by atoms with van der Waals surface area (Å²) in [5, 5.41) is 3.62. The van der Waals surface area contributed by atoms with Gasteiger partial charge in [0.1, 0.15) is 0 Å². The minimum Gasteiger partial charge on any atom is -0.381 e. The molecular formula is C15H21ClN2O2S. The molecule has 1 aromatic carbocycles. The number of urea groups is 1. The van der Waals surface area contributed by atoms with Crippen LogP contribution in [0, 0.1) is 5.92 Å². The molecular weight excluding hydrogens is 308 g/mol. The topological polar surface area (TPSA) is 41.6 Å². The minimum atomic E-state index is -0.0634. The molecule has 4 nitrogen and oxygen atoms in total. The van der Waals surface area contributed by atoms with Crippen molar-refractivity contribution in [2.24, 2.45) is 5.92 Å². The van der Waals surface area contributed by atoms with Crippen molar-refractivity contribution < 1.29 is 9.53 Å². The smallest absolute Gasteiger partial charge is 0.321 e. The normalized spacial score (nSPS) is 18.0. The fraction of sp³-hybridized carbons (Fsp3) is 0.533. The van der Waals surface area contributed by atoms with Crippen molar-refractivity contribution in [3.63, 3.8) is 0 Å². The highest BCUT2D eigenvalue weighted by Gasteiger charge is 2.26. The maximum absolute atomic E-state index is 12.3. The maximum Gasteiger partial charge on any atom is 0.321 e. The maximum atomic E-state index is 12.3. The van der Waals surface area contributed by atoms with Gasteiger partial charge in [0, 0.05) is 30.5 Å². The first kappa shape index (κ1) is 16.5. The molecule has 1 saturated heterocycles. The molecule has 6 heteroatoms. The average molecular weight is 329 g/mol. The average Bonchev–Trinajstić information content (AvgIpc) is 2.94. The number of ether oxygens (including phenoxy) is 1. The van der Waals surface area contributed by atoms with Gasteiger partial charge in [-0.2, -0.15) is 0 Å². The third kappa shape index (κ3) is 4.28. The highest BCUT2D eigenvalue weighted by atomic mass is 35.5. The number of anilines is 1. The number of nitrogens with one attached hydrogen (secondary N) is 1. The van der Waals surface area contributed by atoms with Gasteiger partial charge in [0.25, 0.3) is 0 Å². The molecule has 21 heavy (non-hydrogen) atoms. The summed E-state index contributed by atoms with van der Waals surface area (Å²) in [5.41, 5.74) is 0.772. The van der Waals surface area contributed by atoms with Crippen LogP contribution in [0.2, 0.25) is 5.02 Å². The zero-order valence-electron chi connectivity index (χ0n) is 12.4. The molecule has 0 aromatic heterocycles. The first-order chi connectivity index (χ1) is 10.2. The van der Waals surface area contributed by atoms with Crippen LogP contribution in [-0.2, 0) is 4.74 Å². The van der Waals surface area contributed by atoms with Crippen molar-refractivity contribution in [2.75, 3.05) is 37.9 Å². The molecule has 0 bridgehead atoms. The van der Waals surface area contributed by atoms with E-state index in [2.05, 4.69) is 5.32 Å². The fourth-order valence-electron chi connectivity index (χ4n) is 2.45. The van der Waals surface area contributed by atoms with Crippen LogP contribution in [0.15, 0.2) is 23.1 Å². The molecule has 1 atom stereocenters. The Balaban J connectivity index is 1.95. The molecule has 2 amide bonds. The molecule has 1 unspecified atom stereocenters. The lowest BCUT2D eigenvalue weighted by Gasteiger charge is -2.19. The summed E-state index contributed by atoms with van der Waals surface area (Å²) in [5.74, 6) is 0.440. The number of hydrogen-bond acceptors (Lipinski definition) is 3. The quantitative estimate of drug-likeness (QED) is 0.832. The van der Waals surface area contributed by atoms with Crippen LogP contribution in [0.3, 0.4) is 0 Å². The molecule has 1 aromatic rings. The molecule has 0 aliphatic carbocycles.